The summed E-state index contributed by atoms with van der Waals surface area (Å²) >= 11 is 0. The Morgan fingerprint density at radius 1 is 0.270 bits per heavy atom. The summed E-state index contributed by atoms with van der Waals surface area (Å²) in [5.74, 6) is 1.79. The highest BCUT2D eigenvalue weighted by Crippen LogP contribution is 2.44. The summed E-state index contributed by atoms with van der Waals surface area (Å²) in [5.41, 5.74) is 13.3. The fourth-order valence-corrected chi connectivity index (χ4v) is 9.12. The van der Waals surface area contributed by atoms with Crippen molar-refractivity contribution in [2.45, 2.75) is 0 Å². The van der Waals surface area contributed by atoms with Crippen molar-refractivity contribution < 1.29 is 4.42 Å². The Bertz CT molecular complexity index is 3650. The summed E-state index contributed by atoms with van der Waals surface area (Å²) in [7, 11) is 0. The number of nitrogens with zero attached hydrogens (tertiary/aromatic N) is 3. The van der Waals surface area contributed by atoms with E-state index in [1.807, 2.05) is 18.2 Å². The zero-order valence-corrected chi connectivity index (χ0v) is 34.1. The molecule has 0 bridgehead atoms. The quantitative estimate of drug-likeness (QED) is 0.151. The van der Waals surface area contributed by atoms with E-state index in [-0.39, 0.29) is 0 Å². The molecule has 294 valence electrons. The number of aromatic nitrogens is 3. The topological polar surface area (TPSA) is 51.8 Å². The van der Waals surface area contributed by atoms with Crippen LogP contribution in [0.15, 0.2) is 229 Å². The van der Waals surface area contributed by atoms with Crippen molar-refractivity contribution in [3.63, 3.8) is 0 Å². The molecule has 2 aromatic heterocycles. The van der Waals surface area contributed by atoms with Crippen molar-refractivity contribution in [3.05, 3.63) is 224 Å². The first-order valence-electron chi connectivity index (χ1n) is 21.3. The van der Waals surface area contributed by atoms with Gasteiger partial charge in [-0.2, -0.15) is 0 Å². The van der Waals surface area contributed by atoms with Crippen LogP contribution in [-0.2, 0) is 0 Å². The lowest BCUT2D eigenvalue weighted by atomic mass is 9.90. The summed E-state index contributed by atoms with van der Waals surface area (Å²) < 4.78 is 6.93. The van der Waals surface area contributed by atoms with Crippen molar-refractivity contribution >= 4 is 43.5 Å². The minimum absolute atomic E-state index is 0.579. The molecule has 0 aliphatic carbocycles. The summed E-state index contributed by atoms with van der Waals surface area (Å²) in [6.07, 6.45) is 0. The predicted octanol–water partition coefficient (Wildman–Crippen LogP) is 15.7. The second-order valence-corrected chi connectivity index (χ2v) is 15.9. The van der Waals surface area contributed by atoms with Gasteiger partial charge in [0.15, 0.2) is 17.5 Å². The van der Waals surface area contributed by atoms with Crippen LogP contribution in [0.1, 0.15) is 0 Å². The molecule has 0 fully saturated rings. The van der Waals surface area contributed by atoms with Gasteiger partial charge in [-0.25, -0.2) is 15.0 Å². The highest BCUT2D eigenvalue weighted by atomic mass is 16.3. The number of furan rings is 1. The molecule has 2 heterocycles. The Hall–Kier alpha value is -8.47. The minimum atomic E-state index is 0.579. The Balaban J connectivity index is 1.07. The molecule has 63 heavy (non-hydrogen) atoms. The number of para-hydroxylation sites is 1. The predicted molar refractivity (Wildman–Crippen MR) is 260 cm³/mol. The minimum Gasteiger partial charge on any atom is -0.455 e. The molecule has 0 unspecified atom stereocenters. The van der Waals surface area contributed by atoms with Crippen LogP contribution in [0, 0.1) is 0 Å². The lowest BCUT2D eigenvalue weighted by Gasteiger charge is -2.14. The molecular weight excluding hydrogens is 767 g/mol. The number of hydrogen-bond donors (Lipinski definition) is 0. The van der Waals surface area contributed by atoms with Crippen molar-refractivity contribution in [1.29, 1.82) is 0 Å². The number of benzene rings is 10. The van der Waals surface area contributed by atoms with Gasteiger partial charge in [-0.05, 0) is 78.7 Å². The van der Waals surface area contributed by atoms with Gasteiger partial charge in [0.2, 0.25) is 0 Å². The molecule has 12 aromatic rings. The first-order valence-corrected chi connectivity index (χ1v) is 21.3. The Labute approximate surface area is 364 Å². The third-order valence-corrected chi connectivity index (χ3v) is 12.2. The standard InChI is InChI=1S/C59H37N3O/c1-4-16-38(17-5-1)40-30-32-42(33-31-40)57-60-58(62-59(61-57)53-37-44-22-10-11-23-45(44)46-24-12-13-25-47(46)53)51-28-15-29-54-55(51)50-27-14-26-49(56(50)63-54)48-35-34-43(39-18-6-2-7-19-39)36-52(48)41-20-8-3-9-21-41/h1-37H. The lowest BCUT2D eigenvalue weighted by molar-refractivity contribution is 0.670. The maximum Gasteiger partial charge on any atom is 0.164 e. The van der Waals surface area contributed by atoms with Crippen molar-refractivity contribution in [2.24, 2.45) is 0 Å². The third kappa shape index (κ3) is 6.44. The molecule has 0 saturated heterocycles. The molecule has 0 N–H and O–H groups in total. The van der Waals surface area contributed by atoms with E-state index in [2.05, 4.69) is 206 Å². The SMILES string of the molecule is c1ccc(-c2ccc(-c3nc(-c4cc5ccccc5c5ccccc45)nc(-c4cccc5oc6c(-c7ccc(-c8ccccc8)cc7-c7ccccc7)cccc6c45)n3)cc2)cc1. The normalized spacial score (nSPS) is 11.5. The maximum atomic E-state index is 6.93. The summed E-state index contributed by atoms with van der Waals surface area (Å²) in [6, 6.07) is 78.7. The van der Waals surface area contributed by atoms with Crippen LogP contribution >= 0.6 is 0 Å². The van der Waals surface area contributed by atoms with E-state index in [1.165, 1.54) is 10.9 Å². The second kappa shape index (κ2) is 15.2. The van der Waals surface area contributed by atoms with Gasteiger partial charge in [0.1, 0.15) is 11.2 Å². The number of hydrogen-bond acceptors (Lipinski definition) is 4. The van der Waals surface area contributed by atoms with Crippen molar-refractivity contribution in [2.75, 3.05) is 0 Å². The van der Waals surface area contributed by atoms with E-state index in [9.17, 15) is 0 Å². The molecule has 0 amide bonds. The molecule has 0 atom stereocenters. The van der Waals surface area contributed by atoms with E-state index < -0.39 is 0 Å². The van der Waals surface area contributed by atoms with Gasteiger partial charge < -0.3 is 4.42 Å². The Morgan fingerprint density at radius 3 is 1.54 bits per heavy atom. The molecule has 4 heteroatoms. The van der Waals surface area contributed by atoms with Gasteiger partial charge >= 0.3 is 0 Å². The van der Waals surface area contributed by atoms with Crippen molar-refractivity contribution in [1.82, 2.24) is 15.0 Å². The highest BCUT2D eigenvalue weighted by molar-refractivity contribution is 6.16. The zero-order valence-electron chi connectivity index (χ0n) is 34.1. The fraction of sp³-hybridized carbons (Fsp3) is 0. The van der Waals surface area contributed by atoms with E-state index >= 15 is 0 Å². The molecule has 0 spiro atoms. The largest absolute Gasteiger partial charge is 0.455 e. The molecular formula is C59H37N3O. The molecule has 0 aliphatic rings. The van der Waals surface area contributed by atoms with E-state index in [0.29, 0.717) is 17.5 Å². The van der Waals surface area contributed by atoms with Crippen LogP contribution in [0.5, 0.6) is 0 Å². The molecule has 0 radical (unpaired) electrons. The van der Waals surface area contributed by atoms with Gasteiger partial charge in [-0.15, -0.1) is 0 Å². The number of rotatable bonds is 7. The Morgan fingerprint density at radius 2 is 0.794 bits per heavy atom. The smallest absolute Gasteiger partial charge is 0.164 e. The first-order chi connectivity index (χ1) is 31.2. The third-order valence-electron chi connectivity index (χ3n) is 12.2. The van der Waals surface area contributed by atoms with E-state index in [0.717, 1.165) is 93.7 Å². The van der Waals surface area contributed by atoms with Crippen LogP contribution in [0.3, 0.4) is 0 Å². The van der Waals surface area contributed by atoms with Gasteiger partial charge in [0.25, 0.3) is 0 Å². The van der Waals surface area contributed by atoms with Crippen LogP contribution in [0.25, 0.3) is 122 Å². The fourth-order valence-electron chi connectivity index (χ4n) is 9.12. The van der Waals surface area contributed by atoms with Gasteiger partial charge in [-0.3, -0.25) is 0 Å². The summed E-state index contributed by atoms with van der Waals surface area (Å²) in [6.45, 7) is 0. The molecule has 10 aromatic carbocycles. The van der Waals surface area contributed by atoms with Crippen LogP contribution < -0.4 is 0 Å². The highest BCUT2D eigenvalue weighted by Gasteiger charge is 2.22. The van der Waals surface area contributed by atoms with Gasteiger partial charge in [0, 0.05) is 33.0 Å². The van der Waals surface area contributed by atoms with E-state index in [1.54, 1.807) is 0 Å². The molecule has 0 saturated carbocycles. The molecule has 12 rings (SSSR count). The maximum absolute atomic E-state index is 6.93. The Kier molecular flexibility index (Phi) is 8.79. The first kappa shape index (κ1) is 36.4. The van der Waals surface area contributed by atoms with Gasteiger partial charge in [-0.1, -0.05) is 206 Å². The van der Waals surface area contributed by atoms with Crippen LogP contribution in [0.2, 0.25) is 0 Å². The van der Waals surface area contributed by atoms with Gasteiger partial charge in [0.05, 0.1) is 0 Å². The molecule has 4 nitrogen and oxygen atoms in total. The number of fused-ring (bicyclic) bond motifs is 6. The van der Waals surface area contributed by atoms with Crippen LogP contribution in [-0.4, -0.2) is 15.0 Å². The monoisotopic (exact) mass is 803 g/mol. The second-order valence-electron chi connectivity index (χ2n) is 15.9. The lowest BCUT2D eigenvalue weighted by Crippen LogP contribution is -2.01. The van der Waals surface area contributed by atoms with Crippen molar-refractivity contribution in [3.8, 4) is 78.7 Å². The summed E-state index contributed by atoms with van der Waals surface area (Å²) in [4.78, 5) is 15.9. The zero-order chi connectivity index (χ0) is 41.7. The van der Waals surface area contributed by atoms with Crippen LogP contribution in [0.4, 0.5) is 0 Å². The average molecular weight is 804 g/mol. The van der Waals surface area contributed by atoms with E-state index in [4.69, 9.17) is 19.4 Å². The average Bonchev–Trinajstić information content (AvgIpc) is 3.76. The summed E-state index contributed by atoms with van der Waals surface area (Å²) in [5, 5.41) is 6.52. The molecule has 0 aliphatic heterocycles.